The van der Waals surface area contributed by atoms with Crippen LogP contribution >= 0.6 is 11.8 Å². The van der Waals surface area contributed by atoms with E-state index >= 15 is 0 Å². The maximum Gasteiger partial charge on any atom is 0.222 e. The van der Waals surface area contributed by atoms with Crippen LogP contribution in [0.4, 0.5) is 5.69 Å². The van der Waals surface area contributed by atoms with E-state index in [-0.39, 0.29) is 5.91 Å². The van der Waals surface area contributed by atoms with Crippen molar-refractivity contribution in [1.82, 2.24) is 19.7 Å². The quantitative estimate of drug-likeness (QED) is 0.227. The van der Waals surface area contributed by atoms with Gasteiger partial charge in [0.05, 0.1) is 7.11 Å². The molecule has 190 valence electrons. The monoisotopic (exact) mass is 513 g/mol. The molecule has 37 heavy (non-hydrogen) atoms. The van der Waals surface area contributed by atoms with Crippen molar-refractivity contribution in [2.24, 2.45) is 0 Å². The summed E-state index contributed by atoms with van der Waals surface area (Å²) < 4.78 is 7.35. The highest BCUT2D eigenvalue weighted by Gasteiger charge is 2.21. The lowest BCUT2D eigenvalue weighted by atomic mass is 10.2. The molecule has 0 bridgehead atoms. The molecular weight excluding hydrogens is 482 g/mol. The van der Waals surface area contributed by atoms with E-state index in [1.807, 2.05) is 65.6 Å². The number of nitrogens with zero attached hydrogens (tertiary/aromatic N) is 5. The molecule has 5 rings (SSSR count). The summed E-state index contributed by atoms with van der Waals surface area (Å²) in [4.78, 5) is 17.2. The highest BCUT2D eigenvalue weighted by molar-refractivity contribution is 7.99. The number of rotatable bonds is 9. The number of hydrogen-bond donors (Lipinski definition) is 0. The molecule has 0 radical (unpaired) electrons. The summed E-state index contributed by atoms with van der Waals surface area (Å²) in [5.41, 5.74) is 3.22. The van der Waals surface area contributed by atoms with E-state index in [9.17, 15) is 4.79 Å². The number of methoxy groups -OCH3 is 1. The Kier molecular flexibility index (Phi) is 8.05. The number of piperazine rings is 1. The first-order chi connectivity index (χ1) is 18.2. The molecule has 1 aromatic heterocycles. The van der Waals surface area contributed by atoms with Crippen LogP contribution < -0.4 is 9.64 Å². The topological polar surface area (TPSA) is 63.5 Å². The van der Waals surface area contributed by atoms with Crippen molar-refractivity contribution in [3.63, 3.8) is 0 Å². The summed E-state index contributed by atoms with van der Waals surface area (Å²) in [6.45, 7) is 3.19. The number of thioether (sulfide) groups is 1. The Bertz CT molecular complexity index is 1290. The zero-order valence-corrected chi connectivity index (χ0v) is 21.8. The highest BCUT2D eigenvalue weighted by atomic mass is 32.2. The summed E-state index contributed by atoms with van der Waals surface area (Å²) in [6.07, 6.45) is 1.34. The number of carbonyl (C=O) groups is 1. The molecule has 1 aliphatic rings. The molecule has 0 aliphatic carbocycles. The van der Waals surface area contributed by atoms with Gasteiger partial charge in [-0.1, -0.05) is 60.3 Å². The number of hydrogen-bond acceptors (Lipinski definition) is 6. The van der Waals surface area contributed by atoms with Crippen LogP contribution in [-0.2, 0) is 4.79 Å². The third-order valence-electron chi connectivity index (χ3n) is 6.52. The summed E-state index contributed by atoms with van der Waals surface area (Å²) >= 11 is 1.65. The fourth-order valence-electron chi connectivity index (χ4n) is 4.50. The van der Waals surface area contributed by atoms with Crippen LogP contribution in [0.25, 0.3) is 17.1 Å². The van der Waals surface area contributed by atoms with Gasteiger partial charge in [-0.15, -0.1) is 10.2 Å². The number of benzene rings is 3. The van der Waals surface area contributed by atoms with Gasteiger partial charge in [0.1, 0.15) is 5.75 Å². The molecule has 0 N–H and O–H groups in total. The molecule has 0 atom stereocenters. The first kappa shape index (κ1) is 24.9. The highest BCUT2D eigenvalue weighted by Crippen LogP contribution is 2.28. The maximum atomic E-state index is 12.9. The van der Waals surface area contributed by atoms with Crippen LogP contribution in [0.5, 0.6) is 5.75 Å². The average molecular weight is 514 g/mol. The van der Waals surface area contributed by atoms with Crippen LogP contribution in [0, 0.1) is 0 Å². The lowest BCUT2D eigenvalue weighted by Crippen LogP contribution is -2.48. The second-order valence-corrected chi connectivity index (χ2v) is 9.92. The molecular formula is C29H31N5O2S. The van der Waals surface area contributed by atoms with Gasteiger partial charge in [-0.3, -0.25) is 9.36 Å². The standard InChI is InChI=1S/C29H31N5O2S/c1-36-26-16-14-24(15-17-26)32-18-20-33(21-19-32)27(35)13-8-22-37-29-31-30-28(23-9-4-2-5-10-23)34(29)25-11-6-3-7-12-25/h2-7,9-12,14-17H,8,13,18-22H2,1H3. The Labute approximate surface area is 222 Å². The van der Waals surface area contributed by atoms with Crippen LogP contribution in [-0.4, -0.2) is 64.6 Å². The first-order valence-electron chi connectivity index (χ1n) is 12.6. The molecule has 2 heterocycles. The van der Waals surface area contributed by atoms with E-state index in [4.69, 9.17) is 4.74 Å². The van der Waals surface area contributed by atoms with Gasteiger partial charge in [0.15, 0.2) is 11.0 Å². The van der Waals surface area contributed by atoms with Gasteiger partial charge >= 0.3 is 0 Å². The number of ether oxygens (including phenoxy) is 1. The number of carbonyl (C=O) groups excluding carboxylic acids is 1. The first-order valence-corrected chi connectivity index (χ1v) is 13.6. The van der Waals surface area contributed by atoms with E-state index in [1.165, 1.54) is 5.69 Å². The van der Waals surface area contributed by atoms with Crippen LogP contribution in [0.3, 0.4) is 0 Å². The molecule has 0 spiro atoms. The minimum absolute atomic E-state index is 0.226. The minimum Gasteiger partial charge on any atom is -0.497 e. The number of aromatic nitrogens is 3. The maximum absolute atomic E-state index is 12.9. The minimum atomic E-state index is 0.226. The summed E-state index contributed by atoms with van der Waals surface area (Å²) in [5.74, 6) is 2.70. The molecule has 0 saturated carbocycles. The van der Waals surface area contributed by atoms with Crippen LogP contribution in [0.15, 0.2) is 90.1 Å². The van der Waals surface area contributed by atoms with Gasteiger partial charge < -0.3 is 14.5 Å². The van der Waals surface area contributed by atoms with Crippen molar-refractivity contribution in [2.75, 3.05) is 43.9 Å². The molecule has 1 aliphatic heterocycles. The zero-order chi connectivity index (χ0) is 25.5. The third kappa shape index (κ3) is 5.97. The van der Waals surface area contributed by atoms with E-state index in [1.54, 1.807) is 18.9 Å². The van der Waals surface area contributed by atoms with Gasteiger partial charge in [0, 0.05) is 55.3 Å². The van der Waals surface area contributed by atoms with E-state index in [2.05, 4.69) is 43.9 Å². The Morgan fingerprint density at radius 2 is 1.51 bits per heavy atom. The zero-order valence-electron chi connectivity index (χ0n) is 21.0. The third-order valence-corrected chi connectivity index (χ3v) is 7.53. The Hall–Kier alpha value is -3.78. The van der Waals surface area contributed by atoms with E-state index in [0.717, 1.165) is 66.3 Å². The summed E-state index contributed by atoms with van der Waals surface area (Å²) in [7, 11) is 1.67. The van der Waals surface area contributed by atoms with E-state index in [0.29, 0.717) is 6.42 Å². The number of amides is 1. The SMILES string of the molecule is COc1ccc(N2CCN(C(=O)CCCSc3nnc(-c4ccccc4)n3-c3ccccc3)CC2)cc1. The lowest BCUT2D eigenvalue weighted by Gasteiger charge is -2.36. The van der Waals surface area contributed by atoms with Crippen molar-refractivity contribution < 1.29 is 9.53 Å². The molecule has 3 aromatic carbocycles. The van der Waals surface area contributed by atoms with Crippen LogP contribution in [0.2, 0.25) is 0 Å². The molecule has 1 amide bonds. The molecule has 4 aromatic rings. The summed E-state index contributed by atoms with van der Waals surface area (Å²) in [5, 5.41) is 9.83. The smallest absolute Gasteiger partial charge is 0.222 e. The van der Waals surface area contributed by atoms with Gasteiger partial charge in [-0.25, -0.2) is 0 Å². The largest absolute Gasteiger partial charge is 0.497 e. The molecule has 8 heteroatoms. The van der Waals surface area contributed by atoms with Gasteiger partial charge in [-0.2, -0.15) is 0 Å². The predicted octanol–water partition coefficient (Wildman–Crippen LogP) is 5.16. The molecule has 0 unspecified atom stereocenters. The lowest BCUT2D eigenvalue weighted by molar-refractivity contribution is -0.131. The predicted molar refractivity (Wildman–Crippen MR) is 149 cm³/mol. The average Bonchev–Trinajstić information content (AvgIpc) is 3.40. The van der Waals surface area contributed by atoms with E-state index < -0.39 is 0 Å². The number of para-hydroxylation sites is 1. The Balaban J connectivity index is 1.14. The van der Waals surface area contributed by atoms with Crippen molar-refractivity contribution in [3.8, 4) is 22.8 Å². The fourth-order valence-corrected chi connectivity index (χ4v) is 5.39. The van der Waals surface area contributed by atoms with Crippen LogP contribution in [0.1, 0.15) is 12.8 Å². The van der Waals surface area contributed by atoms with Crippen molar-refractivity contribution in [1.29, 1.82) is 0 Å². The van der Waals surface area contributed by atoms with Crippen molar-refractivity contribution in [3.05, 3.63) is 84.9 Å². The van der Waals surface area contributed by atoms with Gasteiger partial charge in [0.2, 0.25) is 5.91 Å². The molecule has 7 nitrogen and oxygen atoms in total. The second kappa shape index (κ2) is 12.0. The molecule has 1 saturated heterocycles. The van der Waals surface area contributed by atoms with Gasteiger partial charge in [0.25, 0.3) is 0 Å². The Morgan fingerprint density at radius 3 is 2.19 bits per heavy atom. The fraction of sp³-hybridized carbons (Fsp3) is 0.276. The molecule has 1 fully saturated rings. The Morgan fingerprint density at radius 1 is 0.838 bits per heavy atom. The second-order valence-electron chi connectivity index (χ2n) is 8.86. The number of anilines is 1. The van der Waals surface area contributed by atoms with Crippen molar-refractivity contribution in [2.45, 2.75) is 18.0 Å². The summed E-state index contributed by atoms with van der Waals surface area (Å²) in [6, 6.07) is 28.4. The normalized spacial score (nSPS) is 13.5. The van der Waals surface area contributed by atoms with Crippen molar-refractivity contribution >= 4 is 23.4 Å². The van der Waals surface area contributed by atoms with Gasteiger partial charge in [-0.05, 0) is 42.8 Å².